The lowest BCUT2D eigenvalue weighted by Gasteiger charge is -2.11. The van der Waals surface area contributed by atoms with Crippen molar-refractivity contribution >= 4 is 29.3 Å². The number of carbonyl (C=O) groups excluding carboxylic acids is 2. The van der Waals surface area contributed by atoms with Crippen LogP contribution in [0.1, 0.15) is 28.4 Å². The highest BCUT2D eigenvalue weighted by Gasteiger charge is 2.13. The van der Waals surface area contributed by atoms with Crippen LogP contribution in [0.3, 0.4) is 0 Å². The summed E-state index contributed by atoms with van der Waals surface area (Å²) in [5.74, 6) is 1.28. The van der Waals surface area contributed by atoms with Crippen LogP contribution in [0.25, 0.3) is 0 Å². The van der Waals surface area contributed by atoms with Crippen LogP contribution in [-0.4, -0.2) is 38.3 Å². The molecule has 34 heavy (non-hydrogen) atoms. The van der Waals surface area contributed by atoms with Gasteiger partial charge in [-0.3, -0.25) is 9.59 Å². The zero-order chi connectivity index (χ0) is 24.3. The van der Waals surface area contributed by atoms with E-state index in [2.05, 4.69) is 17.6 Å². The lowest BCUT2D eigenvalue weighted by atomic mass is 10.1. The van der Waals surface area contributed by atoms with E-state index in [0.29, 0.717) is 30.0 Å². The number of thioether (sulfide) groups is 1. The average Bonchev–Trinajstić information content (AvgIpc) is 2.88. The molecule has 0 atom stereocenters. The number of aryl methyl sites for hydroxylation is 1. The molecule has 0 aliphatic rings. The number of rotatable bonds is 11. The first-order valence-corrected chi connectivity index (χ1v) is 12.1. The van der Waals surface area contributed by atoms with Gasteiger partial charge in [-0.05, 0) is 60.4 Å². The molecule has 0 saturated heterocycles. The second kappa shape index (κ2) is 12.7. The highest BCUT2D eigenvalue weighted by atomic mass is 32.2. The minimum absolute atomic E-state index is 0.0872. The summed E-state index contributed by atoms with van der Waals surface area (Å²) in [6.45, 7) is 2.60. The first-order valence-electron chi connectivity index (χ1n) is 11.1. The van der Waals surface area contributed by atoms with Crippen molar-refractivity contribution in [2.75, 3.05) is 31.8 Å². The molecule has 3 aromatic carbocycles. The predicted octanol–water partition coefficient (Wildman–Crippen LogP) is 4.97. The smallest absolute Gasteiger partial charge is 0.256 e. The Bertz CT molecular complexity index is 1120. The Balaban J connectivity index is 1.51. The third-order valence-electron chi connectivity index (χ3n) is 5.29. The van der Waals surface area contributed by atoms with Gasteiger partial charge in [0.1, 0.15) is 0 Å². The summed E-state index contributed by atoms with van der Waals surface area (Å²) in [5, 5.41) is 5.87. The summed E-state index contributed by atoms with van der Waals surface area (Å²) < 4.78 is 10.6. The van der Waals surface area contributed by atoms with Gasteiger partial charge in [0.2, 0.25) is 5.91 Å². The van der Waals surface area contributed by atoms with E-state index in [0.717, 1.165) is 22.6 Å². The van der Waals surface area contributed by atoms with Crippen LogP contribution >= 0.6 is 11.8 Å². The van der Waals surface area contributed by atoms with E-state index in [-0.39, 0.29) is 17.6 Å². The van der Waals surface area contributed by atoms with E-state index in [1.165, 1.54) is 17.3 Å². The minimum Gasteiger partial charge on any atom is -0.493 e. The van der Waals surface area contributed by atoms with E-state index < -0.39 is 0 Å². The van der Waals surface area contributed by atoms with Crippen LogP contribution in [0.2, 0.25) is 0 Å². The fourth-order valence-corrected chi connectivity index (χ4v) is 4.26. The molecule has 0 aliphatic carbocycles. The maximum Gasteiger partial charge on any atom is 0.256 e. The largest absolute Gasteiger partial charge is 0.493 e. The van der Waals surface area contributed by atoms with Gasteiger partial charge >= 0.3 is 0 Å². The van der Waals surface area contributed by atoms with Gasteiger partial charge in [-0.2, -0.15) is 0 Å². The Morgan fingerprint density at radius 1 is 0.882 bits per heavy atom. The van der Waals surface area contributed by atoms with Gasteiger partial charge < -0.3 is 20.1 Å². The Labute approximate surface area is 205 Å². The fraction of sp³-hybridized carbons (Fsp3) is 0.259. The molecular weight excluding hydrogens is 448 g/mol. The number of ether oxygens (including phenoxy) is 2. The standard InChI is InChI=1S/C27H30N2O4S/c1-4-19-9-12-21(13-10-19)29-27(31)22-7-5-6-8-25(22)34-18-26(30)28-16-15-20-11-14-23(32-2)24(17-20)33-3/h5-14,17H,4,15-16,18H2,1-3H3,(H,28,30)(H,29,31). The molecule has 0 fully saturated rings. The zero-order valence-corrected chi connectivity index (χ0v) is 20.5. The van der Waals surface area contributed by atoms with Gasteiger partial charge in [-0.15, -0.1) is 11.8 Å². The van der Waals surface area contributed by atoms with Crippen molar-refractivity contribution in [2.45, 2.75) is 24.7 Å². The van der Waals surface area contributed by atoms with E-state index >= 15 is 0 Å². The molecule has 0 radical (unpaired) electrons. The number of nitrogens with one attached hydrogen (secondary N) is 2. The second-order valence-electron chi connectivity index (χ2n) is 7.58. The summed E-state index contributed by atoms with van der Waals surface area (Å²) in [6, 6.07) is 20.8. The van der Waals surface area contributed by atoms with Gasteiger partial charge in [0.25, 0.3) is 5.91 Å². The van der Waals surface area contributed by atoms with Crippen LogP contribution < -0.4 is 20.1 Å². The molecule has 6 nitrogen and oxygen atoms in total. The van der Waals surface area contributed by atoms with E-state index in [4.69, 9.17) is 9.47 Å². The Morgan fingerprint density at radius 3 is 2.29 bits per heavy atom. The molecule has 0 heterocycles. The van der Waals surface area contributed by atoms with Crippen molar-refractivity contribution in [3.63, 3.8) is 0 Å². The van der Waals surface area contributed by atoms with Crippen molar-refractivity contribution in [3.05, 3.63) is 83.4 Å². The van der Waals surface area contributed by atoms with Gasteiger partial charge in [0.05, 0.1) is 25.5 Å². The van der Waals surface area contributed by atoms with Gasteiger partial charge in [0, 0.05) is 17.1 Å². The van der Waals surface area contributed by atoms with E-state index in [1.54, 1.807) is 20.3 Å². The van der Waals surface area contributed by atoms with Crippen molar-refractivity contribution in [1.29, 1.82) is 0 Å². The monoisotopic (exact) mass is 478 g/mol. The number of amides is 2. The quantitative estimate of drug-likeness (QED) is 0.381. The summed E-state index contributed by atoms with van der Waals surface area (Å²) in [7, 11) is 3.20. The molecule has 0 spiro atoms. The number of methoxy groups -OCH3 is 2. The molecule has 0 aliphatic heterocycles. The Hall–Kier alpha value is -3.45. The lowest BCUT2D eigenvalue weighted by Crippen LogP contribution is -2.27. The molecule has 3 rings (SSSR count). The molecule has 2 amide bonds. The molecule has 7 heteroatoms. The Morgan fingerprint density at radius 2 is 1.59 bits per heavy atom. The van der Waals surface area contributed by atoms with Crippen LogP contribution in [0.5, 0.6) is 11.5 Å². The zero-order valence-electron chi connectivity index (χ0n) is 19.7. The summed E-state index contributed by atoms with van der Waals surface area (Å²) in [4.78, 5) is 26.0. The number of hydrogen-bond acceptors (Lipinski definition) is 5. The SMILES string of the molecule is CCc1ccc(NC(=O)c2ccccc2SCC(=O)NCCc2ccc(OC)c(OC)c2)cc1. The number of hydrogen-bond donors (Lipinski definition) is 2. The molecular formula is C27H30N2O4S. The topological polar surface area (TPSA) is 76.7 Å². The lowest BCUT2D eigenvalue weighted by molar-refractivity contribution is -0.118. The predicted molar refractivity (Wildman–Crippen MR) is 137 cm³/mol. The van der Waals surface area contributed by atoms with E-state index in [9.17, 15) is 9.59 Å². The molecule has 2 N–H and O–H groups in total. The van der Waals surface area contributed by atoms with Crippen LogP contribution in [0.15, 0.2) is 71.6 Å². The summed E-state index contributed by atoms with van der Waals surface area (Å²) >= 11 is 1.35. The summed E-state index contributed by atoms with van der Waals surface area (Å²) in [5.41, 5.74) is 3.55. The third kappa shape index (κ3) is 7.02. The molecule has 178 valence electrons. The molecule has 0 bridgehead atoms. The number of anilines is 1. The average molecular weight is 479 g/mol. The first kappa shape index (κ1) is 25.2. The second-order valence-corrected chi connectivity index (χ2v) is 8.60. The van der Waals surface area contributed by atoms with Gasteiger partial charge in [-0.1, -0.05) is 37.3 Å². The fourth-order valence-electron chi connectivity index (χ4n) is 3.38. The number of benzene rings is 3. The normalized spacial score (nSPS) is 10.4. The maximum absolute atomic E-state index is 12.8. The molecule has 3 aromatic rings. The van der Waals surface area contributed by atoms with Crippen molar-refractivity contribution < 1.29 is 19.1 Å². The van der Waals surface area contributed by atoms with Crippen molar-refractivity contribution in [2.24, 2.45) is 0 Å². The minimum atomic E-state index is -0.193. The summed E-state index contributed by atoms with van der Waals surface area (Å²) in [6.07, 6.45) is 1.62. The van der Waals surface area contributed by atoms with Crippen molar-refractivity contribution in [1.82, 2.24) is 5.32 Å². The van der Waals surface area contributed by atoms with Gasteiger partial charge in [-0.25, -0.2) is 0 Å². The maximum atomic E-state index is 12.8. The highest BCUT2D eigenvalue weighted by molar-refractivity contribution is 8.00. The molecule has 0 aromatic heterocycles. The van der Waals surface area contributed by atoms with Crippen molar-refractivity contribution in [3.8, 4) is 11.5 Å². The first-order chi connectivity index (χ1) is 16.5. The third-order valence-corrected chi connectivity index (χ3v) is 6.37. The molecule has 0 unspecified atom stereocenters. The van der Waals surface area contributed by atoms with Gasteiger partial charge in [0.15, 0.2) is 11.5 Å². The molecule has 0 saturated carbocycles. The Kier molecular flexibility index (Phi) is 9.40. The van der Waals surface area contributed by atoms with Crippen LogP contribution in [-0.2, 0) is 17.6 Å². The van der Waals surface area contributed by atoms with E-state index in [1.807, 2.05) is 60.7 Å². The van der Waals surface area contributed by atoms with Crippen LogP contribution in [0, 0.1) is 0 Å². The highest BCUT2D eigenvalue weighted by Crippen LogP contribution is 2.27. The van der Waals surface area contributed by atoms with Crippen LogP contribution in [0.4, 0.5) is 5.69 Å². The number of carbonyl (C=O) groups is 2.